The fourth-order valence-electron chi connectivity index (χ4n) is 2.39. The smallest absolute Gasteiger partial charge is 0.0992 e. The second-order valence-electron chi connectivity index (χ2n) is 5.11. The first-order chi connectivity index (χ1) is 8.58. The second-order valence-corrected chi connectivity index (χ2v) is 5.51. The zero-order valence-corrected chi connectivity index (χ0v) is 11.2. The van der Waals surface area contributed by atoms with Gasteiger partial charge in [-0.25, -0.2) is 0 Å². The van der Waals surface area contributed by atoms with Gasteiger partial charge in [-0.3, -0.25) is 0 Å². The van der Waals surface area contributed by atoms with Crippen molar-refractivity contribution in [3.8, 4) is 6.07 Å². The van der Waals surface area contributed by atoms with E-state index in [1.807, 2.05) is 6.07 Å². The van der Waals surface area contributed by atoms with E-state index in [0.717, 1.165) is 31.5 Å². The van der Waals surface area contributed by atoms with Gasteiger partial charge in [-0.05, 0) is 43.5 Å². The molecule has 0 spiro atoms. The van der Waals surface area contributed by atoms with Crippen molar-refractivity contribution in [3.63, 3.8) is 0 Å². The minimum atomic E-state index is -0.0955. The zero-order valence-electron chi connectivity index (χ0n) is 10.4. The van der Waals surface area contributed by atoms with Crippen molar-refractivity contribution in [3.05, 3.63) is 34.3 Å². The molecule has 1 aliphatic rings. The lowest BCUT2D eigenvalue weighted by Crippen LogP contribution is -2.36. The average molecular weight is 265 g/mol. The Labute approximate surface area is 113 Å². The van der Waals surface area contributed by atoms with Gasteiger partial charge in [0, 0.05) is 18.1 Å². The van der Waals surface area contributed by atoms with Crippen LogP contribution in [0.2, 0.25) is 5.02 Å². The third kappa shape index (κ3) is 3.23. The molecule has 1 aromatic carbocycles. The number of hydrogen-bond acceptors (Lipinski definition) is 3. The molecule has 1 N–H and O–H groups in total. The van der Waals surface area contributed by atoms with Crippen LogP contribution in [0.5, 0.6) is 0 Å². The SMILES string of the molecule is CN(Cc1ccc(C#N)cc1Cl)CC1CC(O)C1. The predicted octanol–water partition coefficient (Wildman–Crippen LogP) is 2.41. The summed E-state index contributed by atoms with van der Waals surface area (Å²) in [4.78, 5) is 2.21. The largest absolute Gasteiger partial charge is 0.393 e. The Morgan fingerprint density at radius 3 is 2.78 bits per heavy atom. The van der Waals surface area contributed by atoms with E-state index in [4.69, 9.17) is 16.9 Å². The van der Waals surface area contributed by atoms with Crippen LogP contribution in [0, 0.1) is 17.2 Å². The van der Waals surface area contributed by atoms with Crippen LogP contribution < -0.4 is 0 Å². The van der Waals surface area contributed by atoms with Gasteiger partial charge >= 0.3 is 0 Å². The van der Waals surface area contributed by atoms with Crippen LogP contribution in [0.4, 0.5) is 0 Å². The normalized spacial score (nSPS) is 22.6. The van der Waals surface area contributed by atoms with Crippen LogP contribution >= 0.6 is 11.6 Å². The molecule has 0 heterocycles. The molecule has 0 radical (unpaired) electrons. The van der Waals surface area contributed by atoms with Gasteiger partial charge in [-0.2, -0.15) is 5.26 Å². The van der Waals surface area contributed by atoms with Gasteiger partial charge < -0.3 is 10.0 Å². The Morgan fingerprint density at radius 1 is 1.50 bits per heavy atom. The van der Waals surface area contributed by atoms with Crippen LogP contribution in [0.3, 0.4) is 0 Å². The van der Waals surface area contributed by atoms with Gasteiger partial charge in [-0.15, -0.1) is 0 Å². The first-order valence-electron chi connectivity index (χ1n) is 6.13. The molecule has 96 valence electrons. The minimum Gasteiger partial charge on any atom is -0.393 e. The monoisotopic (exact) mass is 264 g/mol. The average Bonchev–Trinajstić information content (AvgIpc) is 2.30. The van der Waals surface area contributed by atoms with Crippen LogP contribution in [-0.4, -0.2) is 29.7 Å². The molecular formula is C14H17ClN2O. The number of nitrogens with zero attached hydrogens (tertiary/aromatic N) is 2. The van der Waals surface area contributed by atoms with Crippen molar-refractivity contribution in [2.75, 3.05) is 13.6 Å². The van der Waals surface area contributed by atoms with Crippen LogP contribution in [0.15, 0.2) is 18.2 Å². The molecule has 1 aliphatic carbocycles. The third-order valence-electron chi connectivity index (χ3n) is 3.40. The van der Waals surface area contributed by atoms with E-state index in [1.165, 1.54) is 0 Å². The Bertz CT molecular complexity index is 463. The Balaban J connectivity index is 1.90. The number of halogens is 1. The topological polar surface area (TPSA) is 47.3 Å². The van der Waals surface area contributed by atoms with Crippen molar-refractivity contribution in [2.24, 2.45) is 5.92 Å². The summed E-state index contributed by atoms with van der Waals surface area (Å²) in [6.07, 6.45) is 1.72. The van der Waals surface area contributed by atoms with Gasteiger partial charge in [0.2, 0.25) is 0 Å². The van der Waals surface area contributed by atoms with E-state index in [-0.39, 0.29) is 6.10 Å². The summed E-state index contributed by atoms with van der Waals surface area (Å²) in [5.41, 5.74) is 1.63. The highest BCUT2D eigenvalue weighted by Gasteiger charge is 2.27. The molecule has 0 aromatic heterocycles. The van der Waals surface area contributed by atoms with Crippen molar-refractivity contribution in [1.29, 1.82) is 5.26 Å². The van der Waals surface area contributed by atoms with Gasteiger partial charge in [0.05, 0.1) is 17.7 Å². The van der Waals surface area contributed by atoms with Crippen molar-refractivity contribution in [1.82, 2.24) is 4.90 Å². The van der Waals surface area contributed by atoms with Crippen LogP contribution in [0.25, 0.3) is 0 Å². The van der Waals surface area contributed by atoms with Crippen molar-refractivity contribution >= 4 is 11.6 Å². The Kier molecular flexibility index (Phi) is 4.23. The first kappa shape index (κ1) is 13.4. The molecule has 1 fully saturated rings. The summed E-state index contributed by atoms with van der Waals surface area (Å²) in [6, 6.07) is 7.49. The molecular weight excluding hydrogens is 248 g/mol. The maximum absolute atomic E-state index is 9.25. The molecule has 3 nitrogen and oxygen atoms in total. The molecule has 2 rings (SSSR count). The Hall–Kier alpha value is -1.08. The maximum Gasteiger partial charge on any atom is 0.0992 e. The highest BCUT2D eigenvalue weighted by atomic mass is 35.5. The highest BCUT2D eigenvalue weighted by molar-refractivity contribution is 6.31. The number of benzene rings is 1. The highest BCUT2D eigenvalue weighted by Crippen LogP contribution is 2.28. The van der Waals surface area contributed by atoms with Crippen molar-refractivity contribution in [2.45, 2.75) is 25.5 Å². The number of aliphatic hydroxyl groups is 1. The first-order valence-corrected chi connectivity index (χ1v) is 6.51. The third-order valence-corrected chi connectivity index (χ3v) is 3.75. The molecule has 0 bridgehead atoms. The standard InChI is InChI=1S/C14H17ClN2O/c1-17(8-11-4-13(18)5-11)9-12-3-2-10(7-16)6-14(12)15/h2-3,6,11,13,18H,4-5,8-9H2,1H3. The van der Waals surface area contributed by atoms with Crippen LogP contribution in [-0.2, 0) is 6.54 Å². The van der Waals surface area contributed by atoms with Crippen LogP contribution in [0.1, 0.15) is 24.0 Å². The summed E-state index contributed by atoms with van der Waals surface area (Å²) in [5.74, 6) is 0.599. The quantitative estimate of drug-likeness (QED) is 0.909. The maximum atomic E-state index is 9.25. The van der Waals surface area contributed by atoms with E-state index in [9.17, 15) is 5.11 Å². The van der Waals surface area contributed by atoms with Gasteiger partial charge in [0.25, 0.3) is 0 Å². The summed E-state index contributed by atoms with van der Waals surface area (Å²) < 4.78 is 0. The molecule has 0 saturated heterocycles. The summed E-state index contributed by atoms with van der Waals surface area (Å²) in [7, 11) is 2.05. The molecule has 1 aromatic rings. The molecule has 1 saturated carbocycles. The second kappa shape index (κ2) is 5.71. The van der Waals surface area contributed by atoms with Gasteiger partial charge in [0.15, 0.2) is 0 Å². The fourth-order valence-corrected chi connectivity index (χ4v) is 2.63. The minimum absolute atomic E-state index is 0.0955. The number of hydrogen-bond donors (Lipinski definition) is 1. The zero-order chi connectivity index (χ0) is 13.1. The molecule has 0 atom stereocenters. The van der Waals surface area contributed by atoms with E-state index in [0.29, 0.717) is 16.5 Å². The predicted molar refractivity (Wildman–Crippen MR) is 71.2 cm³/mol. The number of nitriles is 1. The number of aliphatic hydroxyl groups excluding tert-OH is 1. The van der Waals surface area contributed by atoms with Gasteiger partial charge in [-0.1, -0.05) is 17.7 Å². The lowest BCUT2D eigenvalue weighted by molar-refractivity contribution is 0.0274. The van der Waals surface area contributed by atoms with E-state index < -0.39 is 0 Å². The van der Waals surface area contributed by atoms with Gasteiger partial charge in [0.1, 0.15) is 0 Å². The summed E-state index contributed by atoms with van der Waals surface area (Å²) in [5, 5.41) is 18.7. The summed E-state index contributed by atoms with van der Waals surface area (Å²) in [6.45, 7) is 1.75. The van der Waals surface area contributed by atoms with Crippen molar-refractivity contribution < 1.29 is 5.11 Å². The Morgan fingerprint density at radius 2 is 2.22 bits per heavy atom. The molecule has 0 aliphatic heterocycles. The van der Waals surface area contributed by atoms with E-state index in [1.54, 1.807) is 12.1 Å². The molecule has 18 heavy (non-hydrogen) atoms. The number of rotatable bonds is 4. The molecule has 4 heteroatoms. The molecule has 0 amide bonds. The lowest BCUT2D eigenvalue weighted by Gasteiger charge is -2.34. The van der Waals surface area contributed by atoms with E-state index >= 15 is 0 Å². The fraction of sp³-hybridized carbons (Fsp3) is 0.500. The summed E-state index contributed by atoms with van der Waals surface area (Å²) >= 11 is 6.14. The lowest BCUT2D eigenvalue weighted by atomic mass is 9.82. The van der Waals surface area contributed by atoms with E-state index in [2.05, 4.69) is 18.0 Å². The molecule has 0 unspecified atom stereocenters.